The van der Waals surface area contributed by atoms with Crippen LogP contribution in [0.4, 0.5) is 0 Å². The number of ether oxygens (including phenoxy) is 2. The molecule has 0 aromatic carbocycles. The molecule has 0 rings (SSSR count). The molecule has 64 heavy (non-hydrogen) atoms. The van der Waals surface area contributed by atoms with Gasteiger partial charge in [-0.2, -0.15) is 0 Å². The topological polar surface area (TPSA) is 108 Å². The van der Waals surface area contributed by atoms with Gasteiger partial charge in [0.25, 0.3) is 0 Å². The van der Waals surface area contributed by atoms with Crippen LogP contribution in [0.3, 0.4) is 0 Å². The molecule has 0 aliphatic rings. The Labute approximate surface area is 391 Å². The first-order valence-corrected chi connectivity index (χ1v) is 26.1. The lowest BCUT2D eigenvalue weighted by Gasteiger charge is -2.24. The van der Waals surface area contributed by atoms with E-state index in [0.717, 1.165) is 96.3 Å². The van der Waals surface area contributed by atoms with Crippen LogP contribution in [0.1, 0.15) is 168 Å². The highest BCUT2D eigenvalue weighted by atomic mass is 31.2. The summed E-state index contributed by atoms with van der Waals surface area (Å²) in [6.45, 7) is 4.21. The van der Waals surface area contributed by atoms with E-state index in [4.69, 9.17) is 18.5 Å². The van der Waals surface area contributed by atoms with E-state index in [1.165, 1.54) is 32.1 Å². The molecular formula is C54H91NO8P+. The quantitative estimate of drug-likeness (QED) is 0.0212. The number of allylic oxidation sites excluding steroid dienone is 18. The maximum absolute atomic E-state index is 12.7. The first kappa shape index (κ1) is 60.7. The summed E-state index contributed by atoms with van der Waals surface area (Å²) in [6.07, 6.45) is 61.5. The third kappa shape index (κ3) is 48.1. The lowest BCUT2D eigenvalue weighted by atomic mass is 10.1. The van der Waals surface area contributed by atoms with E-state index in [2.05, 4.69) is 123 Å². The fraction of sp³-hybridized carbons (Fsp3) is 0.630. The van der Waals surface area contributed by atoms with E-state index in [1.807, 2.05) is 21.1 Å². The number of carbonyl (C=O) groups excluding carboxylic acids is 2. The largest absolute Gasteiger partial charge is 0.472 e. The second-order valence-electron chi connectivity index (χ2n) is 17.1. The first-order chi connectivity index (χ1) is 31.0. The fourth-order valence-electron chi connectivity index (χ4n) is 5.96. The van der Waals surface area contributed by atoms with Gasteiger partial charge in [-0.25, -0.2) is 4.57 Å². The number of phosphoric ester groups is 1. The Balaban J connectivity index is 4.39. The molecule has 0 amide bonds. The van der Waals surface area contributed by atoms with Gasteiger partial charge < -0.3 is 18.9 Å². The average molecular weight is 913 g/mol. The Morgan fingerprint density at radius 1 is 0.500 bits per heavy atom. The average Bonchev–Trinajstić information content (AvgIpc) is 3.25. The predicted molar refractivity (Wildman–Crippen MR) is 270 cm³/mol. The van der Waals surface area contributed by atoms with Crippen molar-refractivity contribution in [3.8, 4) is 0 Å². The van der Waals surface area contributed by atoms with E-state index in [0.29, 0.717) is 23.9 Å². The third-order valence-corrected chi connectivity index (χ3v) is 10.8. The van der Waals surface area contributed by atoms with Gasteiger partial charge in [0.1, 0.15) is 19.8 Å². The van der Waals surface area contributed by atoms with Crippen molar-refractivity contribution in [3.05, 3.63) is 109 Å². The van der Waals surface area contributed by atoms with Crippen molar-refractivity contribution < 1.29 is 42.1 Å². The maximum atomic E-state index is 12.7. The molecule has 364 valence electrons. The molecule has 9 nitrogen and oxygen atoms in total. The number of phosphoric acid groups is 1. The van der Waals surface area contributed by atoms with Crippen LogP contribution in [0.2, 0.25) is 0 Å². The van der Waals surface area contributed by atoms with E-state index in [9.17, 15) is 19.0 Å². The van der Waals surface area contributed by atoms with Gasteiger partial charge in [-0.3, -0.25) is 18.6 Å². The minimum atomic E-state index is -4.40. The number of hydrogen-bond acceptors (Lipinski definition) is 7. The van der Waals surface area contributed by atoms with Crippen LogP contribution in [0.15, 0.2) is 109 Å². The molecule has 2 unspecified atom stereocenters. The second-order valence-corrected chi connectivity index (χ2v) is 18.6. The summed E-state index contributed by atoms with van der Waals surface area (Å²) in [5, 5.41) is 0. The fourth-order valence-corrected chi connectivity index (χ4v) is 6.70. The van der Waals surface area contributed by atoms with Gasteiger partial charge in [-0.1, -0.05) is 162 Å². The molecule has 0 spiro atoms. The summed E-state index contributed by atoms with van der Waals surface area (Å²) < 4.78 is 34.3. The van der Waals surface area contributed by atoms with Gasteiger partial charge in [0.05, 0.1) is 27.7 Å². The molecule has 0 saturated carbocycles. The van der Waals surface area contributed by atoms with Crippen molar-refractivity contribution in [2.45, 2.75) is 174 Å². The standard InChI is InChI=1S/C54H90NO8P/c1-6-8-10-12-14-16-18-20-21-22-23-24-25-26-27-28-29-30-31-32-33-35-37-39-41-43-45-47-54(57)63-52(51-62-64(58,59)61-49-48-55(3,4)5)50-60-53(56)46-44-42-40-38-36-34-19-17-15-13-11-9-7-2/h8,10,14,16-17,19-21,23-24,26-27,29-30,32-33,37,39,52H,6-7,9,11-13,15,18,22,25,28,31,34-36,38,40-51H2,1-5H3/p+1/b10-8-,16-14-,19-17-,21-20-,24-23-,27-26-,30-29-,33-32-,39-37-. The van der Waals surface area contributed by atoms with Crippen molar-refractivity contribution in [1.29, 1.82) is 0 Å². The summed E-state index contributed by atoms with van der Waals surface area (Å²) in [6, 6.07) is 0. The van der Waals surface area contributed by atoms with Crippen LogP contribution in [0.25, 0.3) is 0 Å². The molecule has 0 aromatic heterocycles. The second kappa shape index (κ2) is 44.9. The van der Waals surface area contributed by atoms with Crippen LogP contribution in [0.5, 0.6) is 0 Å². The summed E-state index contributed by atoms with van der Waals surface area (Å²) >= 11 is 0. The molecule has 0 aromatic rings. The number of nitrogens with zero attached hydrogens (tertiary/aromatic N) is 1. The molecule has 0 aliphatic carbocycles. The third-order valence-electron chi connectivity index (χ3n) is 9.79. The first-order valence-electron chi connectivity index (χ1n) is 24.6. The summed E-state index contributed by atoms with van der Waals surface area (Å²) in [5.74, 6) is -0.871. The van der Waals surface area contributed by atoms with Crippen molar-refractivity contribution in [2.24, 2.45) is 0 Å². The molecule has 10 heteroatoms. The summed E-state index contributed by atoms with van der Waals surface area (Å²) in [4.78, 5) is 35.4. The lowest BCUT2D eigenvalue weighted by molar-refractivity contribution is -0.870. The van der Waals surface area contributed by atoms with Crippen LogP contribution in [-0.2, 0) is 32.7 Å². The minimum absolute atomic E-state index is 0.0155. The lowest BCUT2D eigenvalue weighted by Crippen LogP contribution is -2.37. The highest BCUT2D eigenvalue weighted by Gasteiger charge is 2.27. The number of unbranched alkanes of at least 4 members (excludes halogenated alkanes) is 11. The zero-order valence-electron chi connectivity index (χ0n) is 41.0. The molecule has 0 bridgehead atoms. The molecule has 0 saturated heterocycles. The van der Waals surface area contributed by atoms with Crippen LogP contribution in [-0.4, -0.2) is 74.9 Å². The monoisotopic (exact) mass is 913 g/mol. The number of hydrogen-bond donors (Lipinski definition) is 1. The normalized spacial score (nSPS) is 14.4. The molecule has 0 heterocycles. The van der Waals surface area contributed by atoms with Gasteiger partial charge in [0.15, 0.2) is 6.10 Å². The number of rotatable bonds is 43. The highest BCUT2D eigenvalue weighted by molar-refractivity contribution is 7.47. The van der Waals surface area contributed by atoms with E-state index >= 15 is 0 Å². The Morgan fingerprint density at radius 3 is 1.38 bits per heavy atom. The van der Waals surface area contributed by atoms with Gasteiger partial charge in [-0.15, -0.1) is 0 Å². The molecule has 0 fully saturated rings. The van der Waals surface area contributed by atoms with Gasteiger partial charge in [-0.05, 0) is 103 Å². The SMILES string of the molecule is CC/C=C\C/C=C\C/C=C\C/C=C\C/C=C\C/C=C\C/C=C\C/C=C\CCCCC(=O)OC(COC(=O)CCCCCCC/C=C\CCCCCC)COP(=O)(O)OCC[N+](C)(C)C. The Kier molecular flexibility index (Phi) is 42.5. The van der Waals surface area contributed by atoms with E-state index in [-0.39, 0.29) is 26.1 Å². The van der Waals surface area contributed by atoms with Crippen molar-refractivity contribution in [2.75, 3.05) is 47.5 Å². The maximum Gasteiger partial charge on any atom is 0.472 e. The number of carbonyl (C=O) groups is 2. The number of esters is 2. The van der Waals surface area contributed by atoms with Crippen LogP contribution < -0.4 is 0 Å². The Hall–Kier alpha value is -3.33. The molecule has 0 radical (unpaired) electrons. The summed E-state index contributed by atoms with van der Waals surface area (Å²) in [5.41, 5.74) is 0. The van der Waals surface area contributed by atoms with Gasteiger partial charge in [0.2, 0.25) is 0 Å². The molecular weight excluding hydrogens is 822 g/mol. The smallest absolute Gasteiger partial charge is 0.462 e. The van der Waals surface area contributed by atoms with E-state index in [1.54, 1.807) is 0 Å². The number of quaternary nitrogens is 1. The van der Waals surface area contributed by atoms with Crippen molar-refractivity contribution >= 4 is 19.8 Å². The minimum Gasteiger partial charge on any atom is -0.462 e. The Bertz CT molecular complexity index is 1450. The van der Waals surface area contributed by atoms with Crippen LogP contribution >= 0.6 is 7.82 Å². The molecule has 2 atom stereocenters. The van der Waals surface area contributed by atoms with Crippen molar-refractivity contribution in [3.63, 3.8) is 0 Å². The van der Waals surface area contributed by atoms with E-state index < -0.39 is 32.5 Å². The Morgan fingerprint density at radius 2 is 0.891 bits per heavy atom. The zero-order chi connectivity index (χ0) is 47.1. The van der Waals surface area contributed by atoms with Crippen LogP contribution in [0, 0.1) is 0 Å². The predicted octanol–water partition coefficient (Wildman–Crippen LogP) is 14.7. The van der Waals surface area contributed by atoms with Gasteiger partial charge in [0, 0.05) is 12.8 Å². The van der Waals surface area contributed by atoms with Crippen molar-refractivity contribution in [1.82, 2.24) is 0 Å². The van der Waals surface area contributed by atoms with Gasteiger partial charge >= 0.3 is 19.8 Å². The zero-order valence-corrected chi connectivity index (χ0v) is 41.9. The number of likely N-dealkylation sites (N-methyl/N-ethyl adjacent to an activating group) is 1. The molecule has 0 aliphatic heterocycles. The summed E-state index contributed by atoms with van der Waals surface area (Å²) in [7, 11) is 1.42. The highest BCUT2D eigenvalue weighted by Crippen LogP contribution is 2.43. The molecule has 1 N–H and O–H groups in total.